The Bertz CT molecular complexity index is 998. The van der Waals surface area contributed by atoms with Crippen molar-refractivity contribution in [2.75, 3.05) is 23.3 Å². The van der Waals surface area contributed by atoms with Crippen molar-refractivity contribution >= 4 is 28.9 Å². The third-order valence-electron chi connectivity index (χ3n) is 4.93. The lowest BCUT2D eigenvalue weighted by molar-refractivity contribution is -0.116. The molecule has 0 atom stereocenters. The number of anilines is 2. The molecule has 1 aromatic heterocycles. The SMILES string of the molecule is O=C(CCc1ncc(-c2ccc(Cl)cc2)o1)Nc1ccc(N2CCCC2)c(F)c1. The van der Waals surface area contributed by atoms with Crippen molar-refractivity contribution in [3.63, 3.8) is 0 Å². The van der Waals surface area contributed by atoms with Crippen molar-refractivity contribution in [1.82, 2.24) is 4.98 Å². The highest BCUT2D eigenvalue weighted by Crippen LogP contribution is 2.26. The molecule has 2 heterocycles. The molecule has 0 bridgehead atoms. The number of aryl methyl sites for hydroxylation is 1. The molecule has 0 saturated carbocycles. The molecule has 0 aliphatic carbocycles. The number of oxazole rings is 1. The highest BCUT2D eigenvalue weighted by atomic mass is 35.5. The first-order chi connectivity index (χ1) is 14.1. The van der Waals surface area contributed by atoms with Gasteiger partial charge in [0.15, 0.2) is 11.7 Å². The smallest absolute Gasteiger partial charge is 0.224 e. The molecule has 0 spiro atoms. The molecule has 0 radical (unpaired) electrons. The van der Waals surface area contributed by atoms with Crippen LogP contribution in [0.25, 0.3) is 11.3 Å². The number of hydrogen-bond acceptors (Lipinski definition) is 4. The van der Waals surface area contributed by atoms with Crippen LogP contribution in [0.2, 0.25) is 5.02 Å². The molecular formula is C22H21ClFN3O2. The van der Waals surface area contributed by atoms with Gasteiger partial charge in [-0.1, -0.05) is 11.6 Å². The molecular weight excluding hydrogens is 393 g/mol. The number of amides is 1. The van der Waals surface area contributed by atoms with Crippen LogP contribution in [0.15, 0.2) is 53.1 Å². The van der Waals surface area contributed by atoms with E-state index in [1.165, 1.54) is 6.07 Å². The van der Waals surface area contributed by atoms with E-state index in [4.69, 9.17) is 16.0 Å². The van der Waals surface area contributed by atoms with Crippen molar-refractivity contribution in [3.05, 3.63) is 65.4 Å². The van der Waals surface area contributed by atoms with Gasteiger partial charge in [0.1, 0.15) is 5.82 Å². The second-order valence-corrected chi connectivity index (χ2v) is 7.47. The third kappa shape index (κ3) is 4.77. The van der Waals surface area contributed by atoms with Crippen molar-refractivity contribution < 1.29 is 13.6 Å². The highest BCUT2D eigenvalue weighted by molar-refractivity contribution is 6.30. The molecule has 7 heteroatoms. The number of carbonyl (C=O) groups excluding carboxylic acids is 1. The van der Waals surface area contributed by atoms with E-state index in [0.717, 1.165) is 31.5 Å². The Morgan fingerprint density at radius 3 is 2.66 bits per heavy atom. The van der Waals surface area contributed by atoms with E-state index in [9.17, 15) is 9.18 Å². The van der Waals surface area contributed by atoms with Crippen molar-refractivity contribution in [1.29, 1.82) is 0 Å². The quantitative estimate of drug-likeness (QED) is 0.595. The molecule has 0 unspecified atom stereocenters. The molecule has 5 nitrogen and oxygen atoms in total. The molecule has 3 aromatic rings. The Morgan fingerprint density at radius 2 is 1.93 bits per heavy atom. The molecule has 1 saturated heterocycles. The normalized spacial score (nSPS) is 13.7. The van der Waals surface area contributed by atoms with Gasteiger partial charge in [-0.2, -0.15) is 0 Å². The summed E-state index contributed by atoms with van der Waals surface area (Å²) in [5.74, 6) is 0.562. The van der Waals surface area contributed by atoms with Crippen LogP contribution < -0.4 is 10.2 Å². The minimum Gasteiger partial charge on any atom is -0.441 e. The standard InChI is InChI=1S/C22H21ClFN3O2/c23-16-5-3-15(4-6-16)20-14-25-22(29-20)10-9-21(28)26-17-7-8-19(18(24)13-17)27-11-1-2-12-27/h3-8,13-14H,1-2,9-12H2,(H,26,28). The molecule has 1 N–H and O–H groups in total. The van der Waals surface area contributed by atoms with Crippen LogP contribution in [0.3, 0.4) is 0 Å². The van der Waals surface area contributed by atoms with Gasteiger partial charge in [0, 0.05) is 42.2 Å². The van der Waals surface area contributed by atoms with Crippen LogP contribution >= 0.6 is 11.6 Å². The van der Waals surface area contributed by atoms with Gasteiger partial charge in [-0.05, 0) is 55.3 Å². The second kappa shape index (κ2) is 8.66. The number of nitrogens with one attached hydrogen (secondary N) is 1. The molecule has 1 aliphatic rings. The summed E-state index contributed by atoms with van der Waals surface area (Å²) in [4.78, 5) is 18.5. The zero-order valence-corrected chi connectivity index (χ0v) is 16.6. The lowest BCUT2D eigenvalue weighted by Gasteiger charge is -2.18. The summed E-state index contributed by atoms with van der Waals surface area (Å²) >= 11 is 5.89. The summed E-state index contributed by atoms with van der Waals surface area (Å²) in [5.41, 5.74) is 1.91. The number of halogens is 2. The number of hydrogen-bond donors (Lipinski definition) is 1. The molecule has 1 aliphatic heterocycles. The Kier molecular flexibility index (Phi) is 5.81. The maximum Gasteiger partial charge on any atom is 0.224 e. The number of rotatable bonds is 6. The Hall–Kier alpha value is -2.86. The van der Waals surface area contributed by atoms with Gasteiger partial charge in [0.2, 0.25) is 5.91 Å². The Labute approximate surface area is 173 Å². The summed E-state index contributed by atoms with van der Waals surface area (Å²) in [5, 5.41) is 3.38. The summed E-state index contributed by atoms with van der Waals surface area (Å²) in [6.07, 6.45) is 4.34. The van der Waals surface area contributed by atoms with Crippen LogP contribution in [0.5, 0.6) is 0 Å². The van der Waals surface area contributed by atoms with Gasteiger partial charge >= 0.3 is 0 Å². The van der Waals surface area contributed by atoms with Crippen LogP contribution in [0, 0.1) is 5.82 Å². The van der Waals surface area contributed by atoms with E-state index in [0.29, 0.717) is 34.5 Å². The topological polar surface area (TPSA) is 58.4 Å². The predicted molar refractivity (Wildman–Crippen MR) is 112 cm³/mol. The Morgan fingerprint density at radius 1 is 1.17 bits per heavy atom. The first kappa shape index (κ1) is 19.5. The average molecular weight is 414 g/mol. The van der Waals surface area contributed by atoms with Gasteiger partial charge in [-0.15, -0.1) is 0 Å². The number of nitrogens with zero attached hydrogens (tertiary/aromatic N) is 2. The van der Waals surface area contributed by atoms with Crippen LogP contribution in [0.1, 0.15) is 25.2 Å². The number of carbonyl (C=O) groups is 1. The minimum atomic E-state index is -0.315. The van der Waals surface area contributed by atoms with Gasteiger partial charge < -0.3 is 14.6 Å². The van der Waals surface area contributed by atoms with Crippen LogP contribution in [-0.2, 0) is 11.2 Å². The van der Waals surface area contributed by atoms with Crippen LogP contribution in [0.4, 0.5) is 15.8 Å². The first-order valence-corrected chi connectivity index (χ1v) is 10.0. The largest absolute Gasteiger partial charge is 0.441 e. The Balaban J connectivity index is 1.32. The second-order valence-electron chi connectivity index (χ2n) is 7.03. The van der Waals surface area contributed by atoms with Gasteiger partial charge in [0.05, 0.1) is 11.9 Å². The van der Waals surface area contributed by atoms with Gasteiger partial charge in [-0.3, -0.25) is 4.79 Å². The number of aromatic nitrogens is 1. The van der Waals surface area contributed by atoms with E-state index in [-0.39, 0.29) is 18.1 Å². The van der Waals surface area contributed by atoms with Crippen LogP contribution in [-0.4, -0.2) is 24.0 Å². The summed E-state index contributed by atoms with van der Waals surface area (Å²) < 4.78 is 20.1. The maximum absolute atomic E-state index is 14.4. The minimum absolute atomic E-state index is 0.191. The third-order valence-corrected chi connectivity index (χ3v) is 5.18. The summed E-state index contributed by atoms with van der Waals surface area (Å²) in [7, 11) is 0. The van der Waals surface area contributed by atoms with E-state index in [2.05, 4.69) is 10.3 Å². The van der Waals surface area contributed by atoms with Crippen molar-refractivity contribution in [3.8, 4) is 11.3 Å². The van der Waals surface area contributed by atoms with Gasteiger partial charge in [-0.25, -0.2) is 9.37 Å². The summed E-state index contributed by atoms with van der Waals surface area (Å²) in [6, 6.07) is 12.1. The predicted octanol–water partition coefficient (Wildman–Crippen LogP) is 5.31. The van der Waals surface area contributed by atoms with E-state index >= 15 is 0 Å². The monoisotopic (exact) mass is 413 g/mol. The van der Waals surface area contributed by atoms with Crippen molar-refractivity contribution in [2.45, 2.75) is 25.7 Å². The molecule has 1 amide bonds. The average Bonchev–Trinajstić information content (AvgIpc) is 3.39. The fourth-order valence-electron chi connectivity index (χ4n) is 3.42. The highest BCUT2D eigenvalue weighted by Gasteiger charge is 2.17. The number of benzene rings is 2. The molecule has 1 fully saturated rings. The zero-order valence-electron chi connectivity index (χ0n) is 15.8. The molecule has 4 rings (SSSR count). The van der Waals surface area contributed by atoms with E-state index in [1.807, 2.05) is 17.0 Å². The molecule has 150 valence electrons. The zero-order chi connectivity index (χ0) is 20.2. The van der Waals surface area contributed by atoms with E-state index < -0.39 is 0 Å². The van der Waals surface area contributed by atoms with Crippen molar-refractivity contribution in [2.24, 2.45) is 0 Å². The lowest BCUT2D eigenvalue weighted by atomic mass is 10.2. The molecule has 2 aromatic carbocycles. The first-order valence-electron chi connectivity index (χ1n) is 9.63. The fourth-order valence-corrected chi connectivity index (χ4v) is 3.54. The maximum atomic E-state index is 14.4. The lowest BCUT2D eigenvalue weighted by Crippen LogP contribution is -2.19. The fraction of sp³-hybridized carbons (Fsp3) is 0.273. The summed E-state index contributed by atoms with van der Waals surface area (Å²) in [6.45, 7) is 1.74. The van der Waals surface area contributed by atoms with Gasteiger partial charge in [0.25, 0.3) is 0 Å². The van der Waals surface area contributed by atoms with E-state index in [1.54, 1.807) is 30.5 Å². The molecule has 29 heavy (non-hydrogen) atoms.